The number of thioether (sulfide) groups is 1. The van der Waals surface area contributed by atoms with Crippen molar-refractivity contribution in [2.75, 3.05) is 71.8 Å². The van der Waals surface area contributed by atoms with Gasteiger partial charge >= 0.3 is 6.09 Å². The molecule has 0 spiro atoms. The Labute approximate surface area is 405 Å². The van der Waals surface area contributed by atoms with E-state index >= 15 is 0 Å². The Morgan fingerprint density at radius 2 is 1.60 bits per heavy atom. The van der Waals surface area contributed by atoms with Crippen LogP contribution in [0.25, 0.3) is 0 Å². The van der Waals surface area contributed by atoms with Gasteiger partial charge < -0.3 is 43.8 Å². The molecular weight excluding hydrogens is 869 g/mol. The van der Waals surface area contributed by atoms with E-state index < -0.39 is 23.8 Å². The maximum atomic E-state index is 14.7. The summed E-state index contributed by atoms with van der Waals surface area (Å²) in [5.41, 5.74) is 2.69. The summed E-state index contributed by atoms with van der Waals surface area (Å²) in [6, 6.07) is 15.6. The van der Waals surface area contributed by atoms with Gasteiger partial charge in [0.25, 0.3) is 0 Å². The highest BCUT2D eigenvalue weighted by Gasteiger charge is 2.65. The second-order valence-corrected chi connectivity index (χ2v) is 19.2. The number of benzene rings is 2. The summed E-state index contributed by atoms with van der Waals surface area (Å²) >= 11 is 1.75. The van der Waals surface area contributed by atoms with E-state index in [0.717, 1.165) is 73.3 Å². The van der Waals surface area contributed by atoms with Crippen LogP contribution in [0.15, 0.2) is 82.9 Å². The fraction of sp³-hybridized carbons (Fsp3) is 0.667. The third-order valence-electron chi connectivity index (χ3n) is 13.4. The van der Waals surface area contributed by atoms with Crippen molar-refractivity contribution in [2.24, 2.45) is 22.9 Å². The van der Waals surface area contributed by atoms with Gasteiger partial charge in [0.1, 0.15) is 24.1 Å². The van der Waals surface area contributed by atoms with Crippen molar-refractivity contribution in [2.45, 2.75) is 146 Å². The summed E-state index contributed by atoms with van der Waals surface area (Å²) in [5, 5.41) is 34.4. The average Bonchev–Trinajstić information content (AvgIpc) is 3.34. The number of unbranched alkanes of at least 4 members (excludes halogenated alkanes) is 11. The van der Waals surface area contributed by atoms with Crippen molar-refractivity contribution >= 4 is 23.6 Å². The lowest BCUT2D eigenvalue weighted by atomic mass is 9.55. The van der Waals surface area contributed by atoms with Crippen LogP contribution in [-0.2, 0) is 19.0 Å². The molecule has 0 aromatic heterocycles. The van der Waals surface area contributed by atoms with Gasteiger partial charge in [-0.1, -0.05) is 113 Å². The monoisotopic (exact) mass is 951 g/mol. The fourth-order valence-electron chi connectivity index (χ4n) is 10.3. The Morgan fingerprint density at radius 1 is 0.866 bits per heavy atom. The summed E-state index contributed by atoms with van der Waals surface area (Å²) in [6.45, 7) is 10.0. The standard InChI is InChI=1S/C54H82N2O10S/c1-4-7-8-9-10-11-12-13-14-22-34-63-53(60)56(29-35-61-36-32-59)50-41-48(55-65-6-3)46-39-42(23-18-20-30-57)45(26-19-21-31-58)51-47-40-43(62-37-38-67-44-24-16-15-17-25-44)27-28-49(47)66-54(50,52(46)51)64-33-5-2/h5,15-17,24-25,27-28,39-40,42,45,50-52,57-59H,2,4,6-14,18-23,26,29-38,41H2,1,3H3/t42-,45+,50-,51+,52+,54+/m0/s1. The molecule has 0 bridgehead atoms. The predicted molar refractivity (Wildman–Crippen MR) is 267 cm³/mol. The van der Waals surface area contributed by atoms with Gasteiger partial charge in [-0.2, -0.15) is 0 Å². The molecule has 6 atom stereocenters. The Morgan fingerprint density at radius 3 is 2.30 bits per heavy atom. The van der Waals surface area contributed by atoms with Gasteiger partial charge in [-0.15, -0.1) is 18.3 Å². The molecule has 0 saturated heterocycles. The first-order valence-corrected chi connectivity index (χ1v) is 26.6. The lowest BCUT2D eigenvalue weighted by Crippen LogP contribution is -2.70. The third kappa shape index (κ3) is 16.0. The molecule has 2 aromatic carbocycles. The van der Waals surface area contributed by atoms with Gasteiger partial charge in [0.15, 0.2) is 0 Å². The normalized spacial score (nSPS) is 22.3. The molecule has 1 heterocycles. The zero-order valence-corrected chi connectivity index (χ0v) is 41.5. The van der Waals surface area contributed by atoms with Crippen LogP contribution in [0.2, 0.25) is 0 Å². The second kappa shape index (κ2) is 30.8. The zero-order chi connectivity index (χ0) is 47.5. The number of oxime groups is 1. The maximum absolute atomic E-state index is 14.7. The highest BCUT2D eigenvalue weighted by atomic mass is 32.2. The molecule has 1 saturated carbocycles. The van der Waals surface area contributed by atoms with E-state index in [0.29, 0.717) is 31.8 Å². The van der Waals surface area contributed by atoms with Gasteiger partial charge in [0, 0.05) is 48.3 Å². The van der Waals surface area contributed by atoms with Crippen molar-refractivity contribution in [1.29, 1.82) is 0 Å². The van der Waals surface area contributed by atoms with E-state index in [9.17, 15) is 20.1 Å². The van der Waals surface area contributed by atoms with E-state index in [2.05, 4.69) is 37.8 Å². The van der Waals surface area contributed by atoms with Crippen molar-refractivity contribution in [3.63, 3.8) is 0 Å². The van der Waals surface area contributed by atoms with E-state index in [1.54, 1.807) is 22.7 Å². The molecule has 374 valence electrons. The van der Waals surface area contributed by atoms with E-state index in [1.807, 2.05) is 37.3 Å². The number of allylic oxidation sites excluding steroid dienone is 1. The molecule has 12 nitrogen and oxygen atoms in total. The van der Waals surface area contributed by atoms with Crippen LogP contribution in [0.1, 0.15) is 134 Å². The van der Waals surface area contributed by atoms with Crippen LogP contribution in [-0.4, -0.2) is 116 Å². The van der Waals surface area contributed by atoms with Crippen LogP contribution >= 0.6 is 11.8 Å². The van der Waals surface area contributed by atoms with E-state index in [4.69, 9.17) is 33.7 Å². The number of fused-ring (bicyclic) bond motifs is 2. The molecule has 1 fully saturated rings. The Kier molecular flexibility index (Phi) is 25.0. The number of carbonyl (C=O) groups excluding carboxylic acids is 1. The molecule has 1 amide bonds. The second-order valence-electron chi connectivity index (χ2n) is 18.0. The van der Waals surface area contributed by atoms with Crippen molar-refractivity contribution in [3.05, 3.63) is 78.4 Å². The molecule has 0 radical (unpaired) electrons. The first kappa shape index (κ1) is 54.4. The number of carbonyl (C=O) groups is 1. The van der Waals surface area contributed by atoms with Crippen LogP contribution in [0.4, 0.5) is 4.79 Å². The lowest BCUT2D eigenvalue weighted by Gasteiger charge is -2.59. The van der Waals surface area contributed by atoms with Gasteiger partial charge in [-0.05, 0) is 86.8 Å². The summed E-state index contributed by atoms with van der Waals surface area (Å²) in [7, 11) is 0. The third-order valence-corrected chi connectivity index (χ3v) is 14.3. The Hall–Kier alpha value is -3.59. The molecule has 0 unspecified atom stereocenters. The minimum absolute atomic E-state index is 0.0777. The number of ether oxygens (including phenoxy) is 5. The first-order chi connectivity index (χ1) is 33.0. The number of aliphatic hydroxyl groups excluding tert-OH is 3. The molecule has 1 aliphatic heterocycles. The van der Waals surface area contributed by atoms with Crippen LogP contribution < -0.4 is 9.47 Å². The number of aliphatic hydroxyl groups is 3. The van der Waals surface area contributed by atoms with Crippen molar-refractivity contribution in [3.8, 4) is 11.5 Å². The number of rotatable bonds is 35. The van der Waals surface area contributed by atoms with Crippen molar-refractivity contribution < 1.29 is 48.6 Å². The predicted octanol–water partition coefficient (Wildman–Crippen LogP) is 10.9. The smallest absolute Gasteiger partial charge is 0.410 e. The highest BCUT2D eigenvalue weighted by Crippen LogP contribution is 2.62. The SMILES string of the molecule is C=CCO[C@@]12Oc3ccc(OCCSc4ccccc4)cc3[C@H]3[C@H](CCCCO)[C@@H](CCCCO)C=C(C(=NOCC)C[C@@H]1N(CCOCCO)C(=O)OCCCCCCCCCCCC)[C@H]32. The molecule has 5 rings (SSSR count). The first-order valence-electron chi connectivity index (χ1n) is 25.6. The van der Waals surface area contributed by atoms with Crippen LogP contribution in [0.3, 0.4) is 0 Å². The van der Waals surface area contributed by atoms with E-state index in [-0.39, 0.29) is 77.0 Å². The van der Waals surface area contributed by atoms with E-state index in [1.165, 1.54) is 49.8 Å². The minimum atomic E-state index is -1.42. The Balaban J connectivity index is 1.55. The minimum Gasteiger partial charge on any atom is -0.493 e. The molecule has 3 N–H and O–H groups in total. The summed E-state index contributed by atoms with van der Waals surface area (Å²) in [4.78, 5) is 23.5. The summed E-state index contributed by atoms with van der Waals surface area (Å²) in [6.07, 6.45) is 20.3. The molecule has 67 heavy (non-hydrogen) atoms. The fourth-order valence-corrected chi connectivity index (χ4v) is 11.0. The molecule has 2 aromatic rings. The van der Waals surface area contributed by atoms with Gasteiger partial charge in [0.2, 0.25) is 5.79 Å². The highest BCUT2D eigenvalue weighted by molar-refractivity contribution is 7.99. The Bertz CT molecular complexity index is 1780. The van der Waals surface area contributed by atoms with Crippen LogP contribution in [0, 0.1) is 17.8 Å². The lowest BCUT2D eigenvalue weighted by molar-refractivity contribution is -0.256. The number of hydrogen-bond acceptors (Lipinski definition) is 12. The van der Waals surface area contributed by atoms with Gasteiger partial charge in [0.05, 0.1) is 51.3 Å². The van der Waals surface area contributed by atoms with Gasteiger partial charge in [-0.3, -0.25) is 4.90 Å². The van der Waals surface area contributed by atoms with Crippen molar-refractivity contribution in [1.82, 2.24) is 4.90 Å². The largest absolute Gasteiger partial charge is 0.493 e. The molecular formula is C54H82N2O10S. The van der Waals surface area contributed by atoms with Crippen LogP contribution in [0.5, 0.6) is 11.5 Å². The topological polar surface area (TPSA) is 149 Å². The number of hydrogen-bond donors (Lipinski definition) is 3. The molecule has 2 aliphatic carbocycles. The quantitative estimate of drug-likeness (QED) is 0.0262. The molecule has 13 heteroatoms. The van der Waals surface area contributed by atoms with Gasteiger partial charge in [-0.25, -0.2) is 4.79 Å². The number of amides is 1. The zero-order valence-electron chi connectivity index (χ0n) is 40.7. The summed E-state index contributed by atoms with van der Waals surface area (Å²) in [5.74, 6) is 0.302. The molecule has 3 aliphatic rings. The summed E-state index contributed by atoms with van der Waals surface area (Å²) < 4.78 is 32.9. The average molecular weight is 951 g/mol. The maximum Gasteiger partial charge on any atom is 0.410 e. The number of nitrogens with zero attached hydrogens (tertiary/aromatic N) is 2.